The molecule has 1 rings (SSSR count). The van der Waals surface area contributed by atoms with Crippen molar-refractivity contribution >= 4 is 17.6 Å². The number of carbonyl (C=O) groups excluding carboxylic acids is 1. The Labute approximate surface area is 119 Å². The van der Waals surface area contributed by atoms with Gasteiger partial charge in [0.2, 0.25) is 5.91 Å². The Balaban J connectivity index is 2.89. The number of carboxylic acids is 1. The van der Waals surface area contributed by atoms with E-state index in [9.17, 15) is 19.7 Å². The number of benzene rings is 1. The lowest BCUT2D eigenvalue weighted by molar-refractivity contribution is -0.385. The number of nitro benzene ring substituents is 1. The normalized spacial score (nSPS) is 11.3. The van der Waals surface area contributed by atoms with Crippen molar-refractivity contribution in [3.05, 3.63) is 28.3 Å². The number of aliphatic carboxylic acids is 1. The number of methoxy groups -OCH3 is 1. The Bertz CT molecular complexity index is 559. The summed E-state index contributed by atoms with van der Waals surface area (Å²) in [5.41, 5.74) is -0.225. The second kappa shape index (κ2) is 7.08. The van der Waals surface area contributed by atoms with Crippen molar-refractivity contribution in [2.24, 2.45) is 0 Å². The number of rotatable bonds is 7. The molecule has 1 atom stereocenters. The van der Waals surface area contributed by atoms with Crippen LogP contribution < -0.4 is 14.8 Å². The van der Waals surface area contributed by atoms with Crippen molar-refractivity contribution in [1.82, 2.24) is 5.32 Å². The summed E-state index contributed by atoms with van der Waals surface area (Å²) in [4.78, 5) is 31.9. The molecule has 2 N–H and O–H groups in total. The van der Waals surface area contributed by atoms with Crippen LogP contribution in [0.15, 0.2) is 18.2 Å². The van der Waals surface area contributed by atoms with E-state index < -0.39 is 29.4 Å². The molecule has 0 aromatic heterocycles. The minimum Gasteiger partial charge on any atom is -0.493 e. The number of nitrogens with one attached hydrogen (secondary N) is 1. The van der Waals surface area contributed by atoms with Crippen molar-refractivity contribution in [3.63, 3.8) is 0 Å². The van der Waals surface area contributed by atoms with E-state index in [1.165, 1.54) is 26.2 Å². The molecule has 21 heavy (non-hydrogen) atoms. The van der Waals surface area contributed by atoms with E-state index in [0.717, 1.165) is 6.07 Å². The number of hydrogen-bond donors (Lipinski definition) is 2. The van der Waals surface area contributed by atoms with Crippen LogP contribution in [0.25, 0.3) is 0 Å². The van der Waals surface area contributed by atoms with Gasteiger partial charge in [0.15, 0.2) is 17.5 Å². The Kier molecular flexibility index (Phi) is 5.47. The zero-order valence-corrected chi connectivity index (χ0v) is 11.4. The fourth-order valence-electron chi connectivity index (χ4n) is 1.48. The largest absolute Gasteiger partial charge is 0.493 e. The SMILES string of the molecule is COc1ccc([N+](=O)[O-])cc1OCC(NC(C)=O)C(=O)O. The Morgan fingerprint density at radius 2 is 2.10 bits per heavy atom. The standard InChI is InChI=1S/C12H14N2O7/c1-7(15)13-9(12(16)17)6-21-11-5-8(14(18)19)3-4-10(11)20-2/h3-5,9H,6H2,1-2H3,(H,13,15)(H,16,17). The van der Waals surface area contributed by atoms with Gasteiger partial charge in [-0.05, 0) is 6.07 Å². The average molecular weight is 298 g/mol. The van der Waals surface area contributed by atoms with E-state index in [2.05, 4.69) is 5.32 Å². The molecule has 9 heteroatoms. The van der Waals surface area contributed by atoms with Crippen LogP contribution in [-0.2, 0) is 9.59 Å². The fourth-order valence-corrected chi connectivity index (χ4v) is 1.48. The number of amides is 1. The smallest absolute Gasteiger partial charge is 0.329 e. The molecule has 1 amide bonds. The lowest BCUT2D eigenvalue weighted by atomic mass is 10.2. The van der Waals surface area contributed by atoms with Crippen molar-refractivity contribution in [1.29, 1.82) is 0 Å². The molecule has 0 radical (unpaired) electrons. The summed E-state index contributed by atoms with van der Waals surface area (Å²) in [7, 11) is 1.34. The first kappa shape index (κ1) is 16.2. The fraction of sp³-hybridized carbons (Fsp3) is 0.333. The summed E-state index contributed by atoms with van der Waals surface area (Å²) < 4.78 is 10.2. The van der Waals surface area contributed by atoms with E-state index in [1.54, 1.807) is 0 Å². The molecule has 1 aromatic carbocycles. The molecule has 114 valence electrons. The third-order valence-corrected chi connectivity index (χ3v) is 2.44. The molecule has 0 aliphatic carbocycles. The summed E-state index contributed by atoms with van der Waals surface area (Å²) in [5, 5.41) is 21.8. The van der Waals surface area contributed by atoms with E-state index in [1.807, 2.05) is 0 Å². The van der Waals surface area contributed by atoms with Crippen LogP contribution in [0.2, 0.25) is 0 Å². The molecule has 0 heterocycles. The Hall–Kier alpha value is -2.84. The molecule has 1 aromatic rings. The molecule has 0 saturated heterocycles. The molecular formula is C12H14N2O7. The lowest BCUT2D eigenvalue weighted by Gasteiger charge is -2.15. The van der Waals surface area contributed by atoms with Crippen molar-refractivity contribution in [2.45, 2.75) is 13.0 Å². The zero-order valence-electron chi connectivity index (χ0n) is 11.4. The van der Waals surface area contributed by atoms with Gasteiger partial charge in [-0.15, -0.1) is 0 Å². The highest BCUT2D eigenvalue weighted by Crippen LogP contribution is 2.31. The first-order chi connectivity index (χ1) is 9.85. The molecule has 0 aliphatic rings. The highest BCUT2D eigenvalue weighted by atomic mass is 16.6. The maximum atomic E-state index is 11.0. The van der Waals surface area contributed by atoms with Gasteiger partial charge in [-0.3, -0.25) is 14.9 Å². The lowest BCUT2D eigenvalue weighted by Crippen LogP contribution is -2.43. The number of nitrogens with zero attached hydrogens (tertiary/aromatic N) is 1. The van der Waals surface area contributed by atoms with Crippen LogP contribution in [0.3, 0.4) is 0 Å². The van der Waals surface area contributed by atoms with Gasteiger partial charge in [-0.25, -0.2) is 4.79 Å². The third-order valence-electron chi connectivity index (χ3n) is 2.44. The Morgan fingerprint density at radius 3 is 2.57 bits per heavy atom. The van der Waals surface area contributed by atoms with Crippen LogP contribution >= 0.6 is 0 Å². The van der Waals surface area contributed by atoms with E-state index >= 15 is 0 Å². The van der Waals surface area contributed by atoms with E-state index in [-0.39, 0.29) is 17.2 Å². The van der Waals surface area contributed by atoms with Gasteiger partial charge in [-0.1, -0.05) is 0 Å². The summed E-state index contributed by atoms with van der Waals surface area (Å²) in [6.45, 7) is 0.774. The predicted octanol–water partition coefficient (Wildman–Crippen LogP) is 0.571. The minimum atomic E-state index is -1.28. The summed E-state index contributed by atoms with van der Waals surface area (Å²) in [5.74, 6) is -1.58. The van der Waals surface area contributed by atoms with Crippen LogP contribution in [0.4, 0.5) is 5.69 Å². The summed E-state index contributed by atoms with van der Waals surface area (Å²) in [6.07, 6.45) is 0. The number of hydrogen-bond acceptors (Lipinski definition) is 6. The van der Waals surface area contributed by atoms with Crippen LogP contribution in [-0.4, -0.2) is 41.7 Å². The topological polar surface area (TPSA) is 128 Å². The van der Waals surface area contributed by atoms with Gasteiger partial charge in [0.1, 0.15) is 6.61 Å². The molecule has 0 spiro atoms. The second-order valence-electron chi connectivity index (χ2n) is 3.99. The van der Waals surface area contributed by atoms with Gasteiger partial charge in [0.25, 0.3) is 5.69 Å². The first-order valence-electron chi connectivity index (χ1n) is 5.80. The maximum absolute atomic E-state index is 11.0. The second-order valence-corrected chi connectivity index (χ2v) is 3.99. The van der Waals surface area contributed by atoms with Gasteiger partial charge in [0.05, 0.1) is 18.1 Å². The summed E-state index contributed by atoms with van der Waals surface area (Å²) in [6, 6.07) is 2.41. The number of ether oxygens (including phenoxy) is 2. The van der Waals surface area contributed by atoms with Crippen molar-refractivity contribution in [2.75, 3.05) is 13.7 Å². The quantitative estimate of drug-likeness (QED) is 0.556. The summed E-state index contributed by atoms with van der Waals surface area (Å²) >= 11 is 0. The number of nitro groups is 1. The number of non-ortho nitro benzene ring substituents is 1. The molecule has 0 fully saturated rings. The van der Waals surface area contributed by atoms with Gasteiger partial charge in [-0.2, -0.15) is 0 Å². The minimum absolute atomic E-state index is 0.0169. The zero-order chi connectivity index (χ0) is 16.0. The molecule has 9 nitrogen and oxygen atoms in total. The average Bonchev–Trinajstić information content (AvgIpc) is 2.42. The molecule has 0 aliphatic heterocycles. The molecule has 1 unspecified atom stereocenters. The van der Waals surface area contributed by atoms with Gasteiger partial charge < -0.3 is 19.9 Å². The predicted molar refractivity (Wildman–Crippen MR) is 70.4 cm³/mol. The van der Waals surface area contributed by atoms with Crippen molar-refractivity contribution < 1.29 is 29.1 Å². The van der Waals surface area contributed by atoms with E-state index in [0.29, 0.717) is 0 Å². The Morgan fingerprint density at radius 1 is 1.43 bits per heavy atom. The van der Waals surface area contributed by atoms with Crippen LogP contribution in [0.5, 0.6) is 11.5 Å². The molecule has 0 bridgehead atoms. The van der Waals surface area contributed by atoms with Crippen LogP contribution in [0.1, 0.15) is 6.92 Å². The highest BCUT2D eigenvalue weighted by Gasteiger charge is 2.21. The van der Waals surface area contributed by atoms with Crippen LogP contribution in [0, 0.1) is 10.1 Å². The van der Waals surface area contributed by atoms with E-state index in [4.69, 9.17) is 14.6 Å². The number of carboxylic acid groups (broad SMARTS) is 1. The third kappa shape index (κ3) is 4.64. The molecule has 0 saturated carbocycles. The maximum Gasteiger partial charge on any atom is 0.329 e. The van der Waals surface area contributed by atoms with Crippen molar-refractivity contribution in [3.8, 4) is 11.5 Å². The van der Waals surface area contributed by atoms with Gasteiger partial charge >= 0.3 is 5.97 Å². The number of carbonyl (C=O) groups is 2. The highest BCUT2D eigenvalue weighted by molar-refractivity contribution is 5.82. The molecular weight excluding hydrogens is 284 g/mol. The first-order valence-corrected chi connectivity index (χ1v) is 5.80. The monoisotopic (exact) mass is 298 g/mol. The van der Waals surface area contributed by atoms with Gasteiger partial charge in [0, 0.05) is 13.0 Å².